The van der Waals surface area contributed by atoms with Crippen molar-refractivity contribution in [2.75, 3.05) is 6.54 Å². The van der Waals surface area contributed by atoms with Crippen molar-refractivity contribution in [3.63, 3.8) is 0 Å². The monoisotopic (exact) mass is 167 g/mol. The predicted octanol–water partition coefficient (Wildman–Crippen LogP) is 1.35. The van der Waals surface area contributed by atoms with Crippen molar-refractivity contribution in [1.82, 2.24) is 5.32 Å². The summed E-state index contributed by atoms with van der Waals surface area (Å²) in [6, 6.07) is 0.200. The highest BCUT2D eigenvalue weighted by atomic mass is 16.1. The van der Waals surface area contributed by atoms with Crippen LogP contribution in [-0.2, 0) is 4.79 Å². The van der Waals surface area contributed by atoms with Crippen LogP contribution in [0.1, 0.15) is 33.1 Å². The Kier molecular flexibility index (Phi) is 1.76. The number of ketones is 1. The average molecular weight is 167 g/mol. The largest absolute Gasteiger partial charge is 0.306 e. The summed E-state index contributed by atoms with van der Waals surface area (Å²) in [6.07, 6.45) is 3.86. The van der Waals surface area contributed by atoms with Crippen molar-refractivity contribution in [2.24, 2.45) is 11.3 Å². The molecule has 1 heterocycles. The molecular formula is C10H17NO. The summed E-state index contributed by atoms with van der Waals surface area (Å²) in [6.45, 7) is 5.07. The Labute approximate surface area is 73.7 Å². The molecule has 1 saturated heterocycles. The van der Waals surface area contributed by atoms with Gasteiger partial charge in [0.15, 0.2) is 5.78 Å². The number of nitrogens with one attached hydrogen (secondary N) is 1. The van der Waals surface area contributed by atoms with Crippen molar-refractivity contribution >= 4 is 5.78 Å². The molecule has 2 heteroatoms. The molecule has 2 nitrogen and oxygen atoms in total. The smallest absolute Gasteiger partial charge is 0.152 e. The molecule has 68 valence electrons. The molecule has 0 aromatic heterocycles. The lowest BCUT2D eigenvalue weighted by Crippen LogP contribution is -2.69. The van der Waals surface area contributed by atoms with Crippen LogP contribution in [-0.4, -0.2) is 18.4 Å². The summed E-state index contributed by atoms with van der Waals surface area (Å²) in [5.74, 6) is 0.612. The van der Waals surface area contributed by atoms with Crippen molar-refractivity contribution in [3.8, 4) is 0 Å². The highest BCUT2D eigenvalue weighted by molar-refractivity contribution is 5.87. The second-order valence-electron chi connectivity index (χ2n) is 4.59. The van der Waals surface area contributed by atoms with Crippen LogP contribution >= 0.6 is 0 Å². The first kappa shape index (κ1) is 8.24. The standard InChI is InChI=1S/C10H17NO/c1-7(2)8(12)9-10(6-11-9)4-3-5-10/h7,9,11H,3-6H2,1-2H3. The molecule has 0 aromatic carbocycles. The molecule has 0 amide bonds. The van der Waals surface area contributed by atoms with E-state index in [1.807, 2.05) is 13.8 Å². The van der Waals surface area contributed by atoms with Gasteiger partial charge in [-0.1, -0.05) is 20.3 Å². The molecule has 1 saturated carbocycles. The molecular weight excluding hydrogens is 150 g/mol. The molecule has 2 rings (SSSR count). The fraction of sp³-hybridized carbons (Fsp3) is 0.900. The number of carbonyl (C=O) groups excluding carboxylic acids is 1. The number of Topliss-reactive ketones (excluding diaryl/α,β-unsaturated/α-hetero) is 1. The zero-order chi connectivity index (χ0) is 8.77. The first-order chi connectivity index (χ1) is 5.66. The van der Waals surface area contributed by atoms with Crippen LogP contribution in [0.25, 0.3) is 0 Å². The lowest BCUT2D eigenvalue weighted by molar-refractivity contribution is -0.135. The van der Waals surface area contributed by atoms with Gasteiger partial charge in [0.1, 0.15) is 0 Å². The minimum Gasteiger partial charge on any atom is -0.306 e. The predicted molar refractivity (Wildman–Crippen MR) is 47.9 cm³/mol. The van der Waals surface area contributed by atoms with Crippen molar-refractivity contribution in [2.45, 2.75) is 39.2 Å². The second kappa shape index (κ2) is 2.56. The van der Waals surface area contributed by atoms with Crippen LogP contribution < -0.4 is 5.32 Å². The van der Waals surface area contributed by atoms with E-state index in [1.165, 1.54) is 19.3 Å². The number of hydrogen-bond donors (Lipinski definition) is 1. The molecule has 0 radical (unpaired) electrons. The lowest BCUT2D eigenvalue weighted by Gasteiger charge is -2.56. The van der Waals surface area contributed by atoms with E-state index in [1.54, 1.807) is 0 Å². The average Bonchev–Trinajstić information content (AvgIpc) is 1.81. The van der Waals surface area contributed by atoms with Crippen LogP contribution in [0.15, 0.2) is 0 Å². The summed E-state index contributed by atoms with van der Waals surface area (Å²) in [5, 5.41) is 3.27. The van der Waals surface area contributed by atoms with Gasteiger partial charge in [0.25, 0.3) is 0 Å². The Balaban J connectivity index is 2.01. The van der Waals surface area contributed by atoms with Gasteiger partial charge in [0, 0.05) is 17.9 Å². The molecule has 2 aliphatic rings. The highest BCUT2D eigenvalue weighted by Crippen LogP contribution is 2.48. The Morgan fingerprint density at radius 3 is 2.42 bits per heavy atom. The first-order valence-corrected chi connectivity index (χ1v) is 4.93. The van der Waals surface area contributed by atoms with E-state index >= 15 is 0 Å². The van der Waals surface area contributed by atoms with Crippen molar-refractivity contribution in [3.05, 3.63) is 0 Å². The summed E-state index contributed by atoms with van der Waals surface area (Å²) in [4.78, 5) is 11.7. The van der Waals surface area contributed by atoms with Gasteiger partial charge in [-0.25, -0.2) is 0 Å². The molecule has 1 aliphatic heterocycles. The number of carbonyl (C=O) groups is 1. The summed E-state index contributed by atoms with van der Waals surface area (Å²) in [7, 11) is 0. The van der Waals surface area contributed by atoms with E-state index < -0.39 is 0 Å². The van der Waals surface area contributed by atoms with Gasteiger partial charge in [0.05, 0.1) is 6.04 Å². The first-order valence-electron chi connectivity index (χ1n) is 4.93. The maximum Gasteiger partial charge on any atom is 0.152 e. The minimum atomic E-state index is 0.195. The van der Waals surface area contributed by atoms with E-state index in [0.717, 1.165) is 6.54 Å². The van der Waals surface area contributed by atoms with Gasteiger partial charge >= 0.3 is 0 Å². The summed E-state index contributed by atoms with van der Waals surface area (Å²) < 4.78 is 0. The van der Waals surface area contributed by atoms with Gasteiger partial charge in [-0.15, -0.1) is 0 Å². The minimum absolute atomic E-state index is 0.195. The maximum atomic E-state index is 11.7. The Morgan fingerprint density at radius 2 is 2.17 bits per heavy atom. The van der Waals surface area contributed by atoms with Gasteiger partial charge in [0.2, 0.25) is 0 Å². The Bertz CT molecular complexity index is 200. The summed E-state index contributed by atoms with van der Waals surface area (Å²) >= 11 is 0. The fourth-order valence-corrected chi connectivity index (χ4v) is 2.32. The van der Waals surface area contributed by atoms with Gasteiger partial charge in [-0.2, -0.15) is 0 Å². The van der Waals surface area contributed by atoms with E-state index in [-0.39, 0.29) is 12.0 Å². The highest BCUT2D eigenvalue weighted by Gasteiger charge is 2.53. The third-order valence-electron chi connectivity index (χ3n) is 3.47. The van der Waals surface area contributed by atoms with E-state index in [4.69, 9.17) is 0 Å². The van der Waals surface area contributed by atoms with E-state index in [9.17, 15) is 4.79 Å². The van der Waals surface area contributed by atoms with E-state index in [2.05, 4.69) is 5.32 Å². The summed E-state index contributed by atoms with van der Waals surface area (Å²) in [5.41, 5.74) is 0.404. The molecule has 1 unspecified atom stereocenters. The normalized spacial score (nSPS) is 31.4. The lowest BCUT2D eigenvalue weighted by atomic mass is 9.57. The van der Waals surface area contributed by atoms with Gasteiger partial charge in [-0.05, 0) is 12.8 Å². The molecule has 2 fully saturated rings. The maximum absolute atomic E-state index is 11.7. The van der Waals surface area contributed by atoms with Crippen LogP contribution in [0.2, 0.25) is 0 Å². The third kappa shape index (κ3) is 0.939. The molecule has 1 N–H and O–H groups in total. The Hall–Kier alpha value is -0.370. The van der Waals surface area contributed by atoms with Crippen molar-refractivity contribution < 1.29 is 4.79 Å². The molecule has 0 aromatic rings. The van der Waals surface area contributed by atoms with Crippen LogP contribution in [0, 0.1) is 11.3 Å². The van der Waals surface area contributed by atoms with Gasteiger partial charge < -0.3 is 5.32 Å². The topological polar surface area (TPSA) is 29.1 Å². The number of hydrogen-bond acceptors (Lipinski definition) is 2. The second-order valence-corrected chi connectivity index (χ2v) is 4.59. The fourth-order valence-electron chi connectivity index (χ4n) is 2.32. The van der Waals surface area contributed by atoms with Crippen molar-refractivity contribution in [1.29, 1.82) is 0 Å². The van der Waals surface area contributed by atoms with Gasteiger partial charge in [-0.3, -0.25) is 4.79 Å². The van der Waals surface area contributed by atoms with E-state index in [0.29, 0.717) is 11.2 Å². The van der Waals surface area contributed by atoms with Crippen LogP contribution in [0.5, 0.6) is 0 Å². The molecule has 1 atom stereocenters. The Morgan fingerprint density at radius 1 is 1.50 bits per heavy atom. The molecule has 0 bridgehead atoms. The zero-order valence-corrected chi connectivity index (χ0v) is 7.89. The molecule has 1 spiro atoms. The number of rotatable bonds is 2. The SMILES string of the molecule is CC(C)C(=O)C1NCC12CCC2. The molecule has 12 heavy (non-hydrogen) atoms. The third-order valence-corrected chi connectivity index (χ3v) is 3.47. The van der Waals surface area contributed by atoms with Crippen LogP contribution in [0.4, 0.5) is 0 Å². The quantitative estimate of drug-likeness (QED) is 0.672. The zero-order valence-electron chi connectivity index (χ0n) is 7.89. The molecule has 1 aliphatic carbocycles. The van der Waals surface area contributed by atoms with Crippen LogP contribution in [0.3, 0.4) is 0 Å².